The van der Waals surface area contributed by atoms with Gasteiger partial charge in [-0.2, -0.15) is 0 Å². The molecule has 0 saturated carbocycles. The average Bonchev–Trinajstić information content (AvgIpc) is 1.68. The van der Waals surface area contributed by atoms with Crippen molar-refractivity contribution in [2.45, 2.75) is 0 Å². The fourth-order valence-corrected chi connectivity index (χ4v) is 1.92. The average molecular weight is 146 g/mol. The molecule has 0 nitrogen and oxygen atoms in total. The fourth-order valence-electron chi connectivity index (χ4n) is 0.405. The molecule has 0 N–H and O–H groups in total. The molecule has 2 heteroatoms. The van der Waals surface area contributed by atoms with E-state index >= 15 is 0 Å². The van der Waals surface area contributed by atoms with Crippen molar-refractivity contribution in [3.63, 3.8) is 0 Å². The van der Waals surface area contributed by atoms with E-state index < -0.39 is 6.70 Å². The number of rotatable bonds is 4. The Morgan fingerprint density at radius 2 is 1.62 bits per heavy atom. The summed E-state index contributed by atoms with van der Waals surface area (Å²) >= 11 is 5.10. The van der Waals surface area contributed by atoms with Gasteiger partial charge in [0.15, 0.2) is 0 Å². The molecule has 0 fully saturated rings. The molecule has 0 saturated heterocycles. The summed E-state index contributed by atoms with van der Waals surface area (Å²) in [6.07, 6.45) is 5.83. The van der Waals surface area contributed by atoms with Crippen LogP contribution in [0.1, 0.15) is 0 Å². The van der Waals surface area contributed by atoms with E-state index in [9.17, 15) is 0 Å². The second-order valence-corrected chi connectivity index (χ2v) is 5.15. The minimum atomic E-state index is -0.544. The van der Waals surface area contributed by atoms with Crippen LogP contribution >= 0.6 is 6.70 Å². The summed E-state index contributed by atoms with van der Waals surface area (Å²) in [5.41, 5.74) is 0. The van der Waals surface area contributed by atoms with Crippen LogP contribution in [0.2, 0.25) is 0 Å². The third-order valence-corrected chi connectivity index (χ3v) is 3.23. The summed E-state index contributed by atoms with van der Waals surface area (Å²) in [5.74, 6) is 0. The van der Waals surface area contributed by atoms with Gasteiger partial charge >= 0.3 is 0 Å². The molecule has 46 valence electrons. The standard InChI is InChI=1S/C6H11PS/c1-3-5-7(8)6-4-2/h3-4,7H,1-2,5-6H2. The second-order valence-electron chi connectivity index (χ2n) is 1.52. The van der Waals surface area contributed by atoms with Gasteiger partial charge in [-0.3, -0.25) is 0 Å². The van der Waals surface area contributed by atoms with Crippen LogP contribution in [0.4, 0.5) is 0 Å². The molecule has 0 amide bonds. The maximum atomic E-state index is 5.10. The fraction of sp³-hybridized carbons (Fsp3) is 0.333. The zero-order valence-electron chi connectivity index (χ0n) is 4.89. The molecule has 0 heterocycles. The number of hydrogen-bond acceptors (Lipinski definition) is 1. The van der Waals surface area contributed by atoms with Gasteiger partial charge in [-0.1, -0.05) is 12.2 Å². The van der Waals surface area contributed by atoms with Crippen molar-refractivity contribution < 1.29 is 0 Å². The van der Waals surface area contributed by atoms with E-state index in [2.05, 4.69) is 13.2 Å². The predicted molar refractivity (Wildman–Crippen MR) is 45.8 cm³/mol. The molecule has 0 rings (SSSR count). The molecule has 0 atom stereocenters. The Morgan fingerprint density at radius 1 is 1.25 bits per heavy atom. The number of hydrogen-bond donors (Lipinski definition) is 0. The second kappa shape index (κ2) is 5.27. The molecule has 0 spiro atoms. The lowest BCUT2D eigenvalue weighted by Gasteiger charge is -1.91. The molecule has 0 unspecified atom stereocenters. The minimum Gasteiger partial charge on any atom is -0.103 e. The Bertz CT molecular complexity index is 95.1. The normalized spacial score (nSPS) is 9.12. The largest absolute Gasteiger partial charge is 0.103 e. The smallest absolute Gasteiger partial charge is 0.00792 e. The molecule has 0 radical (unpaired) electrons. The Kier molecular flexibility index (Phi) is 5.36. The molecule has 0 aliphatic rings. The van der Waals surface area contributed by atoms with E-state index in [1.165, 1.54) is 0 Å². The summed E-state index contributed by atoms with van der Waals surface area (Å²) in [6.45, 7) is 6.67. The van der Waals surface area contributed by atoms with Gasteiger partial charge < -0.3 is 0 Å². The Morgan fingerprint density at radius 3 is 1.88 bits per heavy atom. The quantitative estimate of drug-likeness (QED) is 0.432. The summed E-state index contributed by atoms with van der Waals surface area (Å²) in [6, 6.07) is 0. The Hall–Kier alpha value is 0.130. The molecule has 0 aliphatic heterocycles. The third-order valence-electron chi connectivity index (χ3n) is 0.744. The van der Waals surface area contributed by atoms with Gasteiger partial charge in [-0.15, -0.1) is 25.0 Å². The first-order valence-electron chi connectivity index (χ1n) is 2.54. The summed E-state index contributed by atoms with van der Waals surface area (Å²) in [7, 11) is 0. The summed E-state index contributed by atoms with van der Waals surface area (Å²) in [4.78, 5) is 0. The van der Waals surface area contributed by atoms with Gasteiger partial charge in [0.05, 0.1) is 0 Å². The van der Waals surface area contributed by atoms with E-state index in [1.54, 1.807) is 0 Å². The third kappa shape index (κ3) is 4.29. The van der Waals surface area contributed by atoms with Crippen molar-refractivity contribution in [2.24, 2.45) is 0 Å². The highest BCUT2D eigenvalue weighted by Gasteiger charge is 1.83. The van der Waals surface area contributed by atoms with Crippen LogP contribution in [0.25, 0.3) is 0 Å². The van der Waals surface area contributed by atoms with Crippen molar-refractivity contribution >= 4 is 18.5 Å². The molecular formula is C6H11PS. The monoisotopic (exact) mass is 146 g/mol. The van der Waals surface area contributed by atoms with Crippen molar-refractivity contribution in [1.29, 1.82) is 0 Å². The zero-order valence-corrected chi connectivity index (χ0v) is 6.71. The lowest BCUT2D eigenvalue weighted by Crippen LogP contribution is -1.71. The van der Waals surface area contributed by atoms with Gasteiger partial charge in [0.2, 0.25) is 0 Å². The SMILES string of the molecule is C=CC[PH](=S)CC=C. The zero-order chi connectivity index (χ0) is 6.41. The first kappa shape index (κ1) is 8.13. The lowest BCUT2D eigenvalue weighted by molar-refractivity contribution is 1.71. The van der Waals surface area contributed by atoms with Gasteiger partial charge in [0.1, 0.15) is 0 Å². The number of allylic oxidation sites excluding steroid dienone is 2. The summed E-state index contributed by atoms with van der Waals surface area (Å²) in [5, 5.41) is 0. The topological polar surface area (TPSA) is 0 Å². The maximum absolute atomic E-state index is 5.10. The van der Waals surface area contributed by atoms with Gasteiger partial charge in [-0.05, 0) is 19.0 Å². The van der Waals surface area contributed by atoms with Crippen LogP contribution < -0.4 is 0 Å². The van der Waals surface area contributed by atoms with Crippen LogP contribution in [-0.2, 0) is 11.8 Å². The highest BCUT2D eigenvalue weighted by Crippen LogP contribution is 2.19. The van der Waals surface area contributed by atoms with Crippen LogP contribution in [0.5, 0.6) is 0 Å². The highest BCUT2D eigenvalue weighted by molar-refractivity contribution is 8.05. The molecule has 0 bridgehead atoms. The van der Waals surface area contributed by atoms with Gasteiger partial charge in [-0.25, -0.2) is 0 Å². The van der Waals surface area contributed by atoms with Crippen molar-refractivity contribution in [2.75, 3.05) is 12.3 Å². The Labute approximate surface area is 56.7 Å². The van der Waals surface area contributed by atoms with Crippen molar-refractivity contribution in [3.8, 4) is 0 Å². The molecule has 0 aliphatic carbocycles. The molecule has 8 heavy (non-hydrogen) atoms. The van der Waals surface area contributed by atoms with Crippen LogP contribution in [-0.4, -0.2) is 12.3 Å². The van der Waals surface area contributed by atoms with Crippen molar-refractivity contribution in [3.05, 3.63) is 25.3 Å². The van der Waals surface area contributed by atoms with E-state index in [0.29, 0.717) is 0 Å². The molecule has 0 aromatic carbocycles. The van der Waals surface area contributed by atoms with Crippen LogP contribution in [0.3, 0.4) is 0 Å². The lowest BCUT2D eigenvalue weighted by atomic mass is 10.8. The van der Waals surface area contributed by atoms with Crippen LogP contribution in [0.15, 0.2) is 25.3 Å². The summed E-state index contributed by atoms with van der Waals surface area (Å²) < 4.78 is 0. The maximum Gasteiger partial charge on any atom is -0.00792 e. The van der Waals surface area contributed by atoms with Gasteiger partial charge in [0.25, 0.3) is 0 Å². The van der Waals surface area contributed by atoms with Crippen molar-refractivity contribution in [1.82, 2.24) is 0 Å². The molecule has 0 aromatic rings. The molecule has 0 aromatic heterocycles. The first-order chi connectivity index (χ1) is 3.81. The minimum absolute atomic E-state index is 0.544. The van der Waals surface area contributed by atoms with Gasteiger partial charge in [0, 0.05) is 0 Å². The van der Waals surface area contributed by atoms with E-state index in [1.807, 2.05) is 12.2 Å². The first-order valence-corrected chi connectivity index (χ1v) is 5.59. The van der Waals surface area contributed by atoms with E-state index in [-0.39, 0.29) is 0 Å². The molecular weight excluding hydrogens is 135 g/mol. The van der Waals surface area contributed by atoms with E-state index in [0.717, 1.165) is 12.3 Å². The highest BCUT2D eigenvalue weighted by atomic mass is 32.4. The van der Waals surface area contributed by atoms with Crippen LogP contribution in [0, 0.1) is 0 Å². The van der Waals surface area contributed by atoms with E-state index in [4.69, 9.17) is 11.8 Å². The Balaban J connectivity index is 3.32. The predicted octanol–water partition coefficient (Wildman–Crippen LogP) is 2.03.